The Hall–Kier alpha value is -2.04. The highest BCUT2D eigenvalue weighted by molar-refractivity contribution is 6.11. The van der Waals surface area contributed by atoms with E-state index in [0.29, 0.717) is 23.3 Å². The van der Waals surface area contributed by atoms with Gasteiger partial charge in [0.1, 0.15) is 0 Å². The molecule has 1 atom stereocenters. The van der Waals surface area contributed by atoms with Crippen LogP contribution in [0.4, 0.5) is 13.2 Å². The molecule has 2 nitrogen and oxygen atoms in total. The Balaban J connectivity index is 2.10. The lowest BCUT2D eigenvalue weighted by Crippen LogP contribution is -2.25. The van der Waals surface area contributed by atoms with Crippen LogP contribution in [0.3, 0.4) is 0 Å². The van der Waals surface area contributed by atoms with Crippen molar-refractivity contribution in [2.45, 2.75) is 19.5 Å². The molecular weight excluding hydrogens is 267 g/mol. The van der Waals surface area contributed by atoms with E-state index in [4.69, 9.17) is 4.42 Å². The maximum Gasteiger partial charge on any atom is 0.418 e. The Morgan fingerprint density at radius 3 is 2.70 bits per heavy atom. The van der Waals surface area contributed by atoms with Gasteiger partial charge in [-0.15, -0.1) is 0 Å². The Morgan fingerprint density at radius 1 is 1.30 bits per heavy atom. The molecule has 1 aliphatic heterocycles. The monoisotopic (exact) mass is 279 g/mol. The molecule has 2 heterocycles. The number of hydrogen-bond donors (Lipinski definition) is 0. The lowest BCUT2D eigenvalue weighted by atomic mass is 9.87. The number of alkyl halides is 3. The summed E-state index contributed by atoms with van der Waals surface area (Å²) in [6.45, 7) is 1.88. The van der Waals surface area contributed by atoms with Gasteiger partial charge in [-0.25, -0.2) is 0 Å². The quantitative estimate of drug-likeness (QED) is 0.780. The minimum atomic E-state index is -4.41. The van der Waals surface area contributed by atoms with Crippen LogP contribution in [0.2, 0.25) is 0 Å². The van der Waals surface area contributed by atoms with E-state index in [9.17, 15) is 13.2 Å². The second-order valence-electron chi connectivity index (χ2n) is 4.72. The van der Waals surface area contributed by atoms with Crippen molar-refractivity contribution < 1.29 is 17.6 Å². The second-order valence-corrected chi connectivity index (χ2v) is 4.72. The van der Waals surface area contributed by atoms with Crippen molar-refractivity contribution in [2.75, 3.05) is 0 Å². The highest BCUT2D eigenvalue weighted by Gasteiger charge is 2.42. The Kier molecular flexibility index (Phi) is 2.92. The summed E-state index contributed by atoms with van der Waals surface area (Å²) in [6.07, 6.45) is 3.83. The first kappa shape index (κ1) is 13.0. The molecule has 0 saturated carbocycles. The van der Waals surface area contributed by atoms with Gasteiger partial charge in [0.05, 0.1) is 23.8 Å². The first-order valence-electron chi connectivity index (χ1n) is 6.32. The summed E-state index contributed by atoms with van der Waals surface area (Å²) < 4.78 is 44.6. The largest absolute Gasteiger partial charge is 0.472 e. The lowest BCUT2D eigenvalue weighted by molar-refractivity contribution is -0.0862. The molecular formula is C15H12F3NO. The maximum atomic E-state index is 13.2. The van der Waals surface area contributed by atoms with Gasteiger partial charge < -0.3 is 4.42 Å². The van der Waals surface area contributed by atoms with E-state index in [2.05, 4.69) is 4.99 Å². The Bertz CT molecular complexity index is 645. The Morgan fingerprint density at radius 2 is 2.10 bits per heavy atom. The fourth-order valence-corrected chi connectivity index (χ4v) is 2.42. The third-order valence-corrected chi connectivity index (χ3v) is 3.41. The van der Waals surface area contributed by atoms with Crippen LogP contribution in [0.15, 0.2) is 57.5 Å². The van der Waals surface area contributed by atoms with Crippen LogP contribution in [0, 0.1) is 5.92 Å². The number of hydrogen-bond acceptors (Lipinski definition) is 2. The molecule has 1 aromatic heterocycles. The molecule has 0 aromatic carbocycles. The van der Waals surface area contributed by atoms with E-state index in [0.717, 1.165) is 6.08 Å². The normalized spacial score (nSPS) is 21.9. The standard InChI is InChI=1S/C15H12F3NO/c1-2-12-6-11-5-10(9-3-4-20-8-9)7-13(14(11)19-12)15(16,17)18/h3-8,11H,2H2,1H3. The van der Waals surface area contributed by atoms with E-state index < -0.39 is 17.7 Å². The molecule has 0 bridgehead atoms. The SMILES string of the molecule is CCC1=CC2C=C(c3ccoc3)C=C(C(F)(F)F)C2=N1. The van der Waals surface area contributed by atoms with Crippen molar-refractivity contribution in [3.8, 4) is 0 Å². The molecule has 1 aliphatic carbocycles. The van der Waals surface area contributed by atoms with Crippen LogP contribution in [0.1, 0.15) is 18.9 Å². The third kappa shape index (κ3) is 2.13. The molecule has 0 amide bonds. The average molecular weight is 279 g/mol. The summed E-state index contributed by atoms with van der Waals surface area (Å²) in [5.74, 6) is -0.406. The average Bonchev–Trinajstić information content (AvgIpc) is 3.04. The molecule has 0 fully saturated rings. The lowest BCUT2D eigenvalue weighted by Gasteiger charge is -2.20. The van der Waals surface area contributed by atoms with Gasteiger partial charge in [0.25, 0.3) is 0 Å². The molecule has 5 heteroatoms. The van der Waals surface area contributed by atoms with Crippen LogP contribution < -0.4 is 0 Å². The zero-order chi connectivity index (χ0) is 14.3. The van der Waals surface area contributed by atoms with Gasteiger partial charge in [0.15, 0.2) is 0 Å². The van der Waals surface area contributed by atoms with Crippen LogP contribution in [0.25, 0.3) is 5.57 Å². The van der Waals surface area contributed by atoms with Crippen LogP contribution in [-0.2, 0) is 0 Å². The second kappa shape index (κ2) is 4.51. The molecule has 0 spiro atoms. The predicted octanol–water partition coefficient (Wildman–Crippen LogP) is 4.53. The molecule has 20 heavy (non-hydrogen) atoms. The van der Waals surface area contributed by atoms with E-state index in [1.165, 1.54) is 12.5 Å². The van der Waals surface area contributed by atoms with Crippen LogP contribution in [-0.4, -0.2) is 11.9 Å². The van der Waals surface area contributed by atoms with E-state index in [-0.39, 0.29) is 5.71 Å². The van der Waals surface area contributed by atoms with Crippen molar-refractivity contribution in [1.29, 1.82) is 0 Å². The molecule has 3 rings (SSSR count). The summed E-state index contributed by atoms with van der Waals surface area (Å²) in [5.41, 5.74) is 1.29. The number of halogens is 3. The van der Waals surface area contributed by atoms with Crippen molar-refractivity contribution >= 4 is 11.3 Å². The van der Waals surface area contributed by atoms with Gasteiger partial charge in [-0.3, -0.25) is 4.99 Å². The fraction of sp³-hybridized carbons (Fsp3) is 0.267. The van der Waals surface area contributed by atoms with Crippen molar-refractivity contribution in [1.82, 2.24) is 0 Å². The van der Waals surface area contributed by atoms with Crippen LogP contribution in [0.5, 0.6) is 0 Å². The van der Waals surface area contributed by atoms with Crippen molar-refractivity contribution in [2.24, 2.45) is 10.9 Å². The van der Waals surface area contributed by atoms with Gasteiger partial charge in [0, 0.05) is 17.2 Å². The molecule has 104 valence electrons. The summed E-state index contributed by atoms with van der Waals surface area (Å²) in [6, 6.07) is 1.65. The summed E-state index contributed by atoms with van der Waals surface area (Å²) in [7, 11) is 0. The highest BCUT2D eigenvalue weighted by atomic mass is 19.4. The number of rotatable bonds is 2. The van der Waals surface area contributed by atoms with Gasteiger partial charge >= 0.3 is 6.18 Å². The zero-order valence-electron chi connectivity index (χ0n) is 10.7. The third-order valence-electron chi connectivity index (χ3n) is 3.41. The molecule has 0 radical (unpaired) electrons. The molecule has 0 N–H and O–H groups in total. The number of nitrogens with zero attached hydrogens (tertiary/aromatic N) is 1. The predicted molar refractivity (Wildman–Crippen MR) is 70.1 cm³/mol. The number of allylic oxidation sites excluding steroid dienone is 6. The van der Waals surface area contributed by atoms with Crippen molar-refractivity contribution in [3.05, 3.63) is 53.7 Å². The molecule has 1 unspecified atom stereocenters. The molecule has 2 aliphatic rings. The maximum absolute atomic E-state index is 13.2. The zero-order valence-corrected chi connectivity index (χ0v) is 10.7. The van der Waals surface area contributed by atoms with Crippen LogP contribution >= 0.6 is 0 Å². The van der Waals surface area contributed by atoms with Crippen molar-refractivity contribution in [3.63, 3.8) is 0 Å². The highest BCUT2D eigenvalue weighted by Crippen LogP contribution is 2.40. The number of aliphatic imine (C=N–C) groups is 1. The van der Waals surface area contributed by atoms with E-state index in [1.807, 2.05) is 6.92 Å². The molecule has 0 saturated heterocycles. The number of furan rings is 1. The fourth-order valence-electron chi connectivity index (χ4n) is 2.42. The summed E-state index contributed by atoms with van der Waals surface area (Å²) in [4.78, 5) is 4.11. The van der Waals surface area contributed by atoms with Gasteiger partial charge in [0.2, 0.25) is 0 Å². The minimum Gasteiger partial charge on any atom is -0.472 e. The smallest absolute Gasteiger partial charge is 0.418 e. The van der Waals surface area contributed by atoms with E-state index in [1.54, 1.807) is 18.2 Å². The van der Waals surface area contributed by atoms with E-state index >= 15 is 0 Å². The molecule has 1 aromatic rings. The Labute approximate surface area is 114 Å². The summed E-state index contributed by atoms with van der Waals surface area (Å²) >= 11 is 0. The minimum absolute atomic E-state index is 0.0987. The first-order chi connectivity index (χ1) is 9.49. The van der Waals surface area contributed by atoms with Gasteiger partial charge in [-0.1, -0.05) is 19.1 Å². The first-order valence-corrected chi connectivity index (χ1v) is 6.32. The van der Waals surface area contributed by atoms with Gasteiger partial charge in [-0.2, -0.15) is 13.2 Å². The number of fused-ring (bicyclic) bond motifs is 1. The topological polar surface area (TPSA) is 25.5 Å². The summed E-state index contributed by atoms with van der Waals surface area (Å²) in [5, 5.41) is 0. The van der Waals surface area contributed by atoms with Gasteiger partial charge in [-0.05, 0) is 24.1 Å².